The molecule has 1 spiro atoms. The summed E-state index contributed by atoms with van der Waals surface area (Å²) in [6.07, 6.45) is 2.17. The van der Waals surface area contributed by atoms with Crippen molar-refractivity contribution < 1.29 is 14.4 Å². The highest BCUT2D eigenvalue weighted by Gasteiger charge is 2.63. The minimum Gasteiger partial charge on any atom is -0.367 e. The molecule has 6 heteroatoms. The normalized spacial score (nSPS) is 28.3. The van der Waals surface area contributed by atoms with Crippen LogP contribution < -0.4 is 4.90 Å². The monoisotopic (exact) mass is 341 g/mol. The maximum atomic E-state index is 13.3. The van der Waals surface area contributed by atoms with Gasteiger partial charge in [-0.05, 0) is 36.8 Å². The lowest BCUT2D eigenvalue weighted by molar-refractivity contribution is -0.160. The van der Waals surface area contributed by atoms with Crippen LogP contribution in [0.1, 0.15) is 25.3 Å². The molecule has 0 bridgehead atoms. The SMILES string of the molecule is C[C@@H]1CCN2c3ccccc3CC3(C(=O)N(C)C(=O)N(C)C3=O)[C@@H]2C1. The molecule has 3 heterocycles. The highest BCUT2D eigenvalue weighted by Crippen LogP contribution is 2.49. The fourth-order valence-corrected chi connectivity index (χ4v) is 4.78. The second kappa shape index (κ2) is 5.31. The predicted octanol–water partition coefficient (Wildman–Crippen LogP) is 1.88. The summed E-state index contributed by atoms with van der Waals surface area (Å²) < 4.78 is 0. The van der Waals surface area contributed by atoms with Gasteiger partial charge in [0.15, 0.2) is 5.41 Å². The molecule has 0 aromatic heterocycles. The van der Waals surface area contributed by atoms with Gasteiger partial charge in [-0.15, -0.1) is 0 Å². The van der Waals surface area contributed by atoms with Gasteiger partial charge in [0, 0.05) is 26.3 Å². The second-order valence-corrected chi connectivity index (χ2v) is 7.63. The number of anilines is 1. The molecule has 2 saturated heterocycles. The van der Waals surface area contributed by atoms with Crippen molar-refractivity contribution in [2.45, 2.75) is 32.2 Å². The van der Waals surface area contributed by atoms with E-state index in [1.165, 1.54) is 14.1 Å². The van der Waals surface area contributed by atoms with Crippen molar-refractivity contribution in [2.24, 2.45) is 11.3 Å². The standard InChI is InChI=1S/C19H23N3O3/c1-12-8-9-22-14-7-5-4-6-13(14)11-19(15(22)10-12)16(23)20(2)18(25)21(3)17(19)24/h4-7,12,15H,8-11H2,1-3H3/t12-,15+/m1/s1. The molecule has 0 saturated carbocycles. The Morgan fingerprint density at radius 1 is 1.04 bits per heavy atom. The molecule has 2 atom stereocenters. The van der Waals surface area contributed by atoms with Gasteiger partial charge in [0.25, 0.3) is 0 Å². The number of barbiturate groups is 1. The topological polar surface area (TPSA) is 60.9 Å². The van der Waals surface area contributed by atoms with Crippen molar-refractivity contribution in [1.82, 2.24) is 9.80 Å². The average Bonchev–Trinajstić information content (AvgIpc) is 2.63. The number of carbonyl (C=O) groups excluding carboxylic acids is 3. The molecule has 0 aliphatic carbocycles. The Balaban J connectivity index is 1.92. The summed E-state index contributed by atoms with van der Waals surface area (Å²) in [6.45, 7) is 2.99. The molecular formula is C19H23N3O3. The van der Waals surface area contributed by atoms with E-state index in [4.69, 9.17) is 0 Å². The number of carbonyl (C=O) groups is 3. The lowest BCUT2D eigenvalue weighted by Gasteiger charge is -2.55. The van der Waals surface area contributed by atoms with Crippen molar-refractivity contribution in [2.75, 3.05) is 25.5 Å². The van der Waals surface area contributed by atoms with E-state index in [1.807, 2.05) is 18.2 Å². The summed E-state index contributed by atoms with van der Waals surface area (Å²) >= 11 is 0. The third-order valence-corrected chi connectivity index (χ3v) is 6.15. The van der Waals surface area contributed by atoms with Crippen LogP contribution in [-0.4, -0.2) is 54.3 Å². The van der Waals surface area contributed by atoms with E-state index < -0.39 is 11.4 Å². The number of hydrogen-bond acceptors (Lipinski definition) is 4. The molecule has 3 aliphatic rings. The average molecular weight is 341 g/mol. The molecule has 25 heavy (non-hydrogen) atoms. The third-order valence-electron chi connectivity index (χ3n) is 6.15. The van der Waals surface area contributed by atoms with Crippen molar-refractivity contribution in [3.8, 4) is 0 Å². The molecular weight excluding hydrogens is 318 g/mol. The van der Waals surface area contributed by atoms with E-state index in [0.29, 0.717) is 12.3 Å². The van der Waals surface area contributed by atoms with Crippen LogP contribution in [0.15, 0.2) is 24.3 Å². The van der Waals surface area contributed by atoms with Crippen molar-refractivity contribution in [1.29, 1.82) is 0 Å². The first-order chi connectivity index (χ1) is 11.9. The minimum absolute atomic E-state index is 0.204. The Bertz CT molecular complexity index is 751. The van der Waals surface area contributed by atoms with Gasteiger partial charge in [-0.3, -0.25) is 19.4 Å². The molecule has 4 rings (SSSR count). The molecule has 3 aliphatic heterocycles. The Labute approximate surface area is 147 Å². The van der Waals surface area contributed by atoms with Crippen LogP contribution in [0.4, 0.5) is 10.5 Å². The number of fused-ring (bicyclic) bond motifs is 4. The van der Waals surface area contributed by atoms with E-state index in [9.17, 15) is 14.4 Å². The quantitative estimate of drug-likeness (QED) is 0.676. The van der Waals surface area contributed by atoms with Crippen molar-refractivity contribution >= 4 is 23.5 Å². The molecule has 0 radical (unpaired) electrons. The van der Waals surface area contributed by atoms with Crippen molar-refractivity contribution in [3.63, 3.8) is 0 Å². The molecule has 2 fully saturated rings. The molecule has 1 aromatic carbocycles. The fourth-order valence-electron chi connectivity index (χ4n) is 4.78. The maximum Gasteiger partial charge on any atom is 0.332 e. The van der Waals surface area contributed by atoms with Crippen LogP contribution in [0.5, 0.6) is 0 Å². The number of amides is 4. The van der Waals surface area contributed by atoms with Gasteiger partial charge < -0.3 is 4.90 Å². The zero-order valence-electron chi connectivity index (χ0n) is 14.9. The zero-order chi connectivity index (χ0) is 17.9. The Morgan fingerprint density at radius 2 is 1.68 bits per heavy atom. The Hall–Kier alpha value is -2.37. The smallest absolute Gasteiger partial charge is 0.332 e. The maximum absolute atomic E-state index is 13.3. The highest BCUT2D eigenvalue weighted by molar-refractivity contribution is 6.20. The van der Waals surface area contributed by atoms with Crippen LogP contribution in [0, 0.1) is 11.3 Å². The molecule has 4 amide bonds. The van der Waals surface area contributed by atoms with Gasteiger partial charge in [0.1, 0.15) is 0 Å². The number of rotatable bonds is 0. The van der Waals surface area contributed by atoms with Crippen LogP contribution in [-0.2, 0) is 16.0 Å². The Morgan fingerprint density at radius 3 is 2.36 bits per heavy atom. The van der Waals surface area contributed by atoms with E-state index >= 15 is 0 Å². The number of nitrogens with zero attached hydrogens (tertiary/aromatic N) is 3. The van der Waals surface area contributed by atoms with Crippen LogP contribution >= 0.6 is 0 Å². The van der Waals surface area contributed by atoms with E-state index in [0.717, 1.165) is 40.4 Å². The summed E-state index contributed by atoms with van der Waals surface area (Å²) in [5.74, 6) is -0.282. The third kappa shape index (κ3) is 2.00. The van der Waals surface area contributed by atoms with Crippen LogP contribution in [0.25, 0.3) is 0 Å². The number of benzene rings is 1. The van der Waals surface area contributed by atoms with Gasteiger partial charge in [-0.1, -0.05) is 25.1 Å². The summed E-state index contributed by atoms with van der Waals surface area (Å²) in [5.41, 5.74) is 0.916. The molecule has 6 nitrogen and oxygen atoms in total. The zero-order valence-corrected chi connectivity index (χ0v) is 14.9. The Kier molecular flexibility index (Phi) is 3.42. The first-order valence-corrected chi connectivity index (χ1v) is 8.82. The summed E-state index contributed by atoms with van der Waals surface area (Å²) in [5, 5.41) is 0. The number of imide groups is 2. The number of hydrogen-bond donors (Lipinski definition) is 0. The first-order valence-electron chi connectivity index (χ1n) is 8.82. The summed E-state index contributed by atoms with van der Waals surface area (Å²) in [6, 6.07) is 7.25. The number of piperidine rings is 1. The summed E-state index contributed by atoms with van der Waals surface area (Å²) in [4.78, 5) is 43.2. The van der Waals surface area contributed by atoms with Gasteiger partial charge in [0.05, 0.1) is 6.04 Å². The summed E-state index contributed by atoms with van der Waals surface area (Å²) in [7, 11) is 2.96. The van der Waals surface area contributed by atoms with Crippen LogP contribution in [0.3, 0.4) is 0 Å². The lowest BCUT2D eigenvalue weighted by Crippen LogP contribution is -2.72. The fraction of sp³-hybridized carbons (Fsp3) is 0.526. The predicted molar refractivity (Wildman–Crippen MR) is 93.0 cm³/mol. The van der Waals surface area contributed by atoms with Crippen LogP contribution in [0.2, 0.25) is 0 Å². The van der Waals surface area contributed by atoms with E-state index in [1.54, 1.807) is 0 Å². The van der Waals surface area contributed by atoms with Crippen molar-refractivity contribution in [3.05, 3.63) is 29.8 Å². The first kappa shape index (κ1) is 16.1. The highest BCUT2D eigenvalue weighted by atomic mass is 16.2. The molecule has 0 unspecified atom stereocenters. The number of urea groups is 1. The second-order valence-electron chi connectivity index (χ2n) is 7.63. The van der Waals surface area contributed by atoms with Gasteiger partial charge in [-0.2, -0.15) is 0 Å². The van der Waals surface area contributed by atoms with E-state index in [2.05, 4.69) is 17.9 Å². The van der Waals surface area contributed by atoms with Gasteiger partial charge in [-0.25, -0.2) is 4.79 Å². The number of para-hydroxylation sites is 1. The van der Waals surface area contributed by atoms with E-state index in [-0.39, 0.29) is 17.9 Å². The molecule has 132 valence electrons. The van der Waals surface area contributed by atoms with Gasteiger partial charge >= 0.3 is 6.03 Å². The molecule has 1 aromatic rings. The molecule has 0 N–H and O–H groups in total. The largest absolute Gasteiger partial charge is 0.367 e. The van der Waals surface area contributed by atoms with Gasteiger partial charge in [0.2, 0.25) is 11.8 Å². The minimum atomic E-state index is -1.21. The lowest BCUT2D eigenvalue weighted by atomic mass is 9.64.